The summed E-state index contributed by atoms with van der Waals surface area (Å²) in [7, 11) is -1.75. The van der Waals surface area contributed by atoms with Crippen molar-refractivity contribution in [2.75, 3.05) is 13.3 Å². The molecular formula is C9H14N4O3S2. The number of nitrogens with two attached hydrogens (primary N) is 1. The van der Waals surface area contributed by atoms with E-state index in [1.54, 1.807) is 12.1 Å². The Balaban J connectivity index is 2.64. The highest BCUT2D eigenvalue weighted by molar-refractivity contribution is 7.88. The predicted molar refractivity (Wildman–Crippen MR) is 72.5 cm³/mol. The van der Waals surface area contributed by atoms with E-state index in [0.717, 1.165) is 6.26 Å². The number of thiocarbonyl (C=S) groups is 1. The van der Waals surface area contributed by atoms with Crippen LogP contribution in [0.2, 0.25) is 0 Å². The number of sulfonamides is 1. The molecule has 7 nitrogen and oxygen atoms in total. The summed E-state index contributed by atoms with van der Waals surface area (Å²) in [6, 6.07) is 3.33. The van der Waals surface area contributed by atoms with Gasteiger partial charge in [-0.25, -0.2) is 8.42 Å². The Morgan fingerprint density at radius 3 is 2.89 bits per heavy atom. The van der Waals surface area contributed by atoms with E-state index in [2.05, 4.69) is 22.7 Å². The highest BCUT2D eigenvalue weighted by atomic mass is 32.2. The fourth-order valence-corrected chi connectivity index (χ4v) is 1.46. The Morgan fingerprint density at radius 2 is 2.33 bits per heavy atom. The van der Waals surface area contributed by atoms with Crippen LogP contribution in [0.4, 0.5) is 0 Å². The summed E-state index contributed by atoms with van der Waals surface area (Å²) in [5.41, 5.74) is 7.56. The monoisotopic (exact) mass is 290 g/mol. The smallest absolute Gasteiger partial charge is 0.211 e. The van der Waals surface area contributed by atoms with Crippen LogP contribution in [0.3, 0.4) is 0 Å². The van der Waals surface area contributed by atoms with E-state index in [0.29, 0.717) is 11.5 Å². The lowest BCUT2D eigenvalue weighted by molar-refractivity contribution is 0.407. The number of nitrogens with zero attached hydrogens (tertiary/aromatic N) is 2. The minimum absolute atomic E-state index is 0.0508. The van der Waals surface area contributed by atoms with Crippen LogP contribution in [0.15, 0.2) is 21.7 Å². The van der Waals surface area contributed by atoms with E-state index in [1.165, 1.54) is 17.6 Å². The van der Waals surface area contributed by atoms with Crippen molar-refractivity contribution in [2.45, 2.75) is 6.54 Å². The first kappa shape index (κ1) is 14.6. The number of hydrazone groups is 1. The average Bonchev–Trinajstić information content (AvgIpc) is 2.63. The zero-order valence-corrected chi connectivity index (χ0v) is 11.6. The Labute approximate surface area is 111 Å². The molecule has 18 heavy (non-hydrogen) atoms. The third kappa shape index (κ3) is 4.82. The van der Waals surface area contributed by atoms with Crippen molar-refractivity contribution < 1.29 is 12.8 Å². The van der Waals surface area contributed by atoms with Gasteiger partial charge in [-0.1, -0.05) is 0 Å². The van der Waals surface area contributed by atoms with Gasteiger partial charge in [0, 0.05) is 7.05 Å². The second-order valence-electron chi connectivity index (χ2n) is 3.56. The summed E-state index contributed by atoms with van der Waals surface area (Å²) < 4.78 is 29.0. The molecule has 3 N–H and O–H groups in total. The highest BCUT2D eigenvalue weighted by Gasteiger charge is 2.13. The Hall–Kier alpha value is -1.45. The lowest BCUT2D eigenvalue weighted by atomic mass is 10.4. The van der Waals surface area contributed by atoms with Crippen molar-refractivity contribution in [3.05, 3.63) is 23.7 Å². The van der Waals surface area contributed by atoms with Crippen molar-refractivity contribution in [3.8, 4) is 0 Å². The Morgan fingerprint density at radius 1 is 1.67 bits per heavy atom. The van der Waals surface area contributed by atoms with Crippen LogP contribution in [-0.4, -0.2) is 37.4 Å². The molecule has 1 heterocycles. The van der Waals surface area contributed by atoms with Gasteiger partial charge in [-0.3, -0.25) is 5.43 Å². The SMILES string of the molecule is CN(Cc1ccc(/C=N\NC(N)=S)o1)S(C)(=O)=O. The minimum atomic E-state index is -3.23. The first-order valence-corrected chi connectivity index (χ1v) is 7.13. The standard InChI is InChI=1S/C9H14N4O3S2/c1-13(18(2,14)15)6-8-4-3-7(16-8)5-11-12-9(10)17/h3-5H,6H2,1-2H3,(H3,10,12,17)/b11-5-. The molecule has 0 aliphatic carbocycles. The van der Waals surface area contributed by atoms with Gasteiger partial charge in [0.1, 0.15) is 11.5 Å². The molecule has 0 aromatic carbocycles. The molecule has 0 unspecified atom stereocenters. The zero-order chi connectivity index (χ0) is 13.8. The van der Waals surface area contributed by atoms with Gasteiger partial charge in [0.05, 0.1) is 19.0 Å². The summed E-state index contributed by atoms with van der Waals surface area (Å²) in [6.45, 7) is 0.162. The van der Waals surface area contributed by atoms with E-state index in [9.17, 15) is 8.42 Å². The number of rotatable bonds is 5. The van der Waals surface area contributed by atoms with Crippen molar-refractivity contribution in [1.29, 1.82) is 0 Å². The van der Waals surface area contributed by atoms with Crippen LogP contribution >= 0.6 is 12.2 Å². The summed E-state index contributed by atoms with van der Waals surface area (Å²) in [6.07, 6.45) is 2.52. The van der Waals surface area contributed by atoms with Crippen molar-refractivity contribution in [2.24, 2.45) is 10.8 Å². The molecule has 0 amide bonds. The second-order valence-corrected chi connectivity index (χ2v) is 6.09. The molecule has 0 spiro atoms. The van der Waals surface area contributed by atoms with Crippen LogP contribution in [0.5, 0.6) is 0 Å². The molecule has 1 aromatic heterocycles. The lowest BCUT2D eigenvalue weighted by Gasteiger charge is -2.11. The molecule has 100 valence electrons. The van der Waals surface area contributed by atoms with Gasteiger partial charge in [-0.15, -0.1) is 0 Å². The third-order valence-electron chi connectivity index (χ3n) is 1.99. The van der Waals surface area contributed by atoms with Gasteiger partial charge >= 0.3 is 0 Å². The molecule has 0 aliphatic rings. The van der Waals surface area contributed by atoms with Crippen LogP contribution in [-0.2, 0) is 16.6 Å². The van der Waals surface area contributed by atoms with Gasteiger partial charge < -0.3 is 10.2 Å². The number of furan rings is 1. The maximum atomic E-state index is 11.2. The normalized spacial score (nSPS) is 12.2. The van der Waals surface area contributed by atoms with Gasteiger partial charge in [0.25, 0.3) is 0 Å². The average molecular weight is 290 g/mol. The molecule has 0 atom stereocenters. The first-order valence-electron chi connectivity index (χ1n) is 4.87. The maximum absolute atomic E-state index is 11.2. The first-order chi connectivity index (χ1) is 8.29. The van der Waals surface area contributed by atoms with Gasteiger partial charge in [-0.2, -0.15) is 9.41 Å². The van der Waals surface area contributed by atoms with E-state index in [4.69, 9.17) is 10.2 Å². The fourth-order valence-electron chi connectivity index (χ4n) is 1.05. The summed E-state index contributed by atoms with van der Waals surface area (Å²) >= 11 is 4.56. The van der Waals surface area contributed by atoms with Crippen molar-refractivity contribution in [3.63, 3.8) is 0 Å². The predicted octanol–water partition coefficient (Wildman–Crippen LogP) is -0.162. The number of hydrogen-bond donors (Lipinski definition) is 2. The topological polar surface area (TPSA) is 101 Å². The van der Waals surface area contributed by atoms with Crippen molar-refractivity contribution in [1.82, 2.24) is 9.73 Å². The van der Waals surface area contributed by atoms with Crippen molar-refractivity contribution >= 4 is 33.6 Å². The third-order valence-corrected chi connectivity index (χ3v) is 3.35. The van der Waals surface area contributed by atoms with Crippen LogP contribution in [0, 0.1) is 0 Å². The van der Waals surface area contributed by atoms with Gasteiger partial charge in [0.15, 0.2) is 5.11 Å². The van der Waals surface area contributed by atoms with E-state index in [-0.39, 0.29) is 11.7 Å². The molecule has 0 bridgehead atoms. The molecule has 0 aliphatic heterocycles. The molecule has 0 radical (unpaired) electrons. The van der Waals surface area contributed by atoms with Crippen LogP contribution < -0.4 is 11.2 Å². The van der Waals surface area contributed by atoms with Gasteiger partial charge in [-0.05, 0) is 24.4 Å². The largest absolute Gasteiger partial charge is 0.459 e. The molecule has 1 aromatic rings. The van der Waals surface area contributed by atoms with Gasteiger partial charge in [0.2, 0.25) is 10.0 Å². The molecule has 0 saturated carbocycles. The lowest BCUT2D eigenvalue weighted by Crippen LogP contribution is -2.24. The van der Waals surface area contributed by atoms with Crippen LogP contribution in [0.1, 0.15) is 11.5 Å². The highest BCUT2D eigenvalue weighted by Crippen LogP contribution is 2.09. The quantitative estimate of drug-likeness (QED) is 0.444. The Bertz CT molecular complexity index is 550. The van der Waals surface area contributed by atoms with E-state index < -0.39 is 10.0 Å². The summed E-state index contributed by atoms with van der Waals surface area (Å²) in [4.78, 5) is 0. The number of nitrogens with one attached hydrogen (secondary N) is 1. The summed E-state index contributed by atoms with van der Waals surface area (Å²) in [5.74, 6) is 0.982. The molecule has 0 fully saturated rings. The Kier molecular flexibility index (Phi) is 4.82. The second kappa shape index (κ2) is 5.94. The molecule has 1 rings (SSSR count). The van der Waals surface area contributed by atoms with E-state index >= 15 is 0 Å². The fraction of sp³-hybridized carbons (Fsp3) is 0.333. The minimum Gasteiger partial charge on any atom is -0.459 e. The molecule has 9 heteroatoms. The number of hydrogen-bond acceptors (Lipinski definition) is 5. The maximum Gasteiger partial charge on any atom is 0.211 e. The summed E-state index contributed by atoms with van der Waals surface area (Å²) in [5, 5.41) is 3.77. The van der Waals surface area contributed by atoms with E-state index in [1.807, 2.05) is 0 Å². The molecular weight excluding hydrogens is 276 g/mol. The van der Waals surface area contributed by atoms with Crippen LogP contribution in [0.25, 0.3) is 0 Å². The molecule has 0 saturated heterocycles. The zero-order valence-electron chi connectivity index (χ0n) is 9.95.